The van der Waals surface area contributed by atoms with E-state index in [1.807, 2.05) is 13.0 Å². The van der Waals surface area contributed by atoms with E-state index in [1.165, 1.54) is 35.6 Å². The number of carbonyl (C=O) groups excluding carboxylic acids is 1. The van der Waals surface area contributed by atoms with Gasteiger partial charge in [0.1, 0.15) is 0 Å². The summed E-state index contributed by atoms with van der Waals surface area (Å²) in [6.07, 6.45) is 0. The highest BCUT2D eigenvalue weighted by Gasteiger charge is 2.23. The van der Waals surface area contributed by atoms with E-state index in [4.69, 9.17) is 5.73 Å². The highest BCUT2D eigenvalue weighted by Crippen LogP contribution is 2.20. The molecule has 2 aromatic rings. The summed E-state index contributed by atoms with van der Waals surface area (Å²) in [7, 11) is -2.04. The van der Waals surface area contributed by atoms with Crippen LogP contribution in [-0.2, 0) is 10.0 Å². The fourth-order valence-corrected chi connectivity index (χ4v) is 3.56. The number of carbonyl (C=O) groups is 1. The van der Waals surface area contributed by atoms with Crippen molar-refractivity contribution in [1.82, 2.24) is 4.31 Å². The van der Waals surface area contributed by atoms with E-state index in [2.05, 4.69) is 5.32 Å². The number of nitrogens with one attached hydrogen (secondary N) is 1. The van der Waals surface area contributed by atoms with Crippen LogP contribution in [0.3, 0.4) is 0 Å². The standard InChI is InChI=1S/C18H23N3O3S/c1-12(2)21(4)25(23,24)16-9-6-14(7-10-16)18(22)20-17-11-15(19)8-5-13(17)3/h5-12H,19H2,1-4H3,(H,20,22). The molecule has 0 aliphatic carbocycles. The van der Waals surface area contributed by atoms with E-state index in [1.54, 1.807) is 26.0 Å². The Morgan fingerprint density at radius 1 is 1.12 bits per heavy atom. The van der Waals surface area contributed by atoms with Crippen LogP contribution in [0.2, 0.25) is 0 Å². The number of amides is 1. The molecule has 0 heterocycles. The van der Waals surface area contributed by atoms with Crippen LogP contribution in [0.5, 0.6) is 0 Å². The van der Waals surface area contributed by atoms with Gasteiger partial charge in [-0.25, -0.2) is 8.42 Å². The van der Waals surface area contributed by atoms with E-state index < -0.39 is 10.0 Å². The lowest BCUT2D eigenvalue weighted by molar-refractivity contribution is 0.102. The number of anilines is 2. The summed E-state index contributed by atoms with van der Waals surface area (Å²) >= 11 is 0. The number of benzene rings is 2. The first-order chi connectivity index (χ1) is 11.6. The van der Waals surface area contributed by atoms with Crippen LogP contribution in [0.15, 0.2) is 47.4 Å². The molecule has 25 heavy (non-hydrogen) atoms. The second kappa shape index (κ2) is 7.25. The van der Waals surface area contributed by atoms with Crippen molar-refractivity contribution < 1.29 is 13.2 Å². The number of nitrogens with zero attached hydrogens (tertiary/aromatic N) is 1. The highest BCUT2D eigenvalue weighted by atomic mass is 32.2. The minimum absolute atomic E-state index is 0.153. The summed E-state index contributed by atoms with van der Waals surface area (Å²) in [4.78, 5) is 12.5. The van der Waals surface area contributed by atoms with Crippen molar-refractivity contribution in [2.75, 3.05) is 18.1 Å². The van der Waals surface area contributed by atoms with Gasteiger partial charge in [-0.1, -0.05) is 6.07 Å². The molecule has 0 saturated carbocycles. The Morgan fingerprint density at radius 3 is 2.28 bits per heavy atom. The Kier molecular flexibility index (Phi) is 5.49. The molecular formula is C18H23N3O3S. The van der Waals surface area contributed by atoms with E-state index >= 15 is 0 Å². The number of nitrogens with two attached hydrogens (primary N) is 1. The molecule has 0 bridgehead atoms. The summed E-state index contributed by atoms with van der Waals surface area (Å²) in [5, 5.41) is 2.79. The maximum atomic E-state index is 12.4. The molecule has 0 spiro atoms. The van der Waals surface area contributed by atoms with Crippen LogP contribution in [-0.4, -0.2) is 31.7 Å². The lowest BCUT2D eigenvalue weighted by atomic mass is 10.1. The second-order valence-electron chi connectivity index (χ2n) is 6.17. The molecule has 7 heteroatoms. The normalized spacial score (nSPS) is 11.8. The van der Waals surface area contributed by atoms with Crippen molar-refractivity contribution in [3.05, 3.63) is 53.6 Å². The summed E-state index contributed by atoms with van der Waals surface area (Å²) in [6.45, 7) is 5.47. The Bertz CT molecular complexity index is 875. The van der Waals surface area contributed by atoms with Gasteiger partial charge >= 0.3 is 0 Å². The maximum absolute atomic E-state index is 12.4. The molecule has 0 aromatic heterocycles. The largest absolute Gasteiger partial charge is 0.399 e. The van der Waals surface area contributed by atoms with Crippen LogP contribution >= 0.6 is 0 Å². The zero-order valence-electron chi connectivity index (χ0n) is 14.8. The van der Waals surface area contributed by atoms with Gasteiger partial charge in [0.25, 0.3) is 5.91 Å². The average molecular weight is 361 g/mol. The molecule has 0 saturated heterocycles. The number of hydrogen-bond donors (Lipinski definition) is 2. The van der Waals surface area contributed by atoms with E-state index in [9.17, 15) is 13.2 Å². The molecule has 0 fully saturated rings. The van der Waals surface area contributed by atoms with Crippen LogP contribution < -0.4 is 11.1 Å². The molecule has 6 nitrogen and oxygen atoms in total. The van der Waals surface area contributed by atoms with Crippen molar-refractivity contribution in [3.63, 3.8) is 0 Å². The van der Waals surface area contributed by atoms with Gasteiger partial charge in [-0.05, 0) is 62.7 Å². The third kappa shape index (κ3) is 4.18. The van der Waals surface area contributed by atoms with E-state index in [0.29, 0.717) is 16.9 Å². The predicted octanol–water partition coefficient (Wildman–Crippen LogP) is 2.86. The van der Waals surface area contributed by atoms with Crippen LogP contribution in [0.1, 0.15) is 29.8 Å². The van der Waals surface area contributed by atoms with Crippen molar-refractivity contribution in [3.8, 4) is 0 Å². The number of nitrogen functional groups attached to an aromatic ring is 1. The molecule has 0 aliphatic rings. The third-order valence-corrected chi connectivity index (χ3v) is 6.08. The zero-order valence-corrected chi connectivity index (χ0v) is 15.6. The topological polar surface area (TPSA) is 92.5 Å². The van der Waals surface area contributed by atoms with Crippen molar-refractivity contribution >= 4 is 27.3 Å². The molecule has 0 aliphatic heterocycles. The highest BCUT2D eigenvalue weighted by molar-refractivity contribution is 7.89. The molecule has 0 atom stereocenters. The van der Waals surface area contributed by atoms with Gasteiger partial charge in [0.2, 0.25) is 10.0 Å². The van der Waals surface area contributed by atoms with Gasteiger partial charge in [-0.2, -0.15) is 4.31 Å². The fraction of sp³-hybridized carbons (Fsp3) is 0.278. The van der Waals surface area contributed by atoms with Crippen LogP contribution in [0.4, 0.5) is 11.4 Å². The van der Waals surface area contributed by atoms with Gasteiger partial charge in [0.15, 0.2) is 0 Å². The quantitative estimate of drug-likeness (QED) is 0.801. The first kappa shape index (κ1) is 19.0. The summed E-state index contributed by atoms with van der Waals surface area (Å²) in [6, 6.07) is 11.0. The van der Waals surface area contributed by atoms with Crippen LogP contribution in [0.25, 0.3) is 0 Å². The fourth-order valence-electron chi connectivity index (χ4n) is 2.19. The number of hydrogen-bond acceptors (Lipinski definition) is 4. The smallest absolute Gasteiger partial charge is 0.255 e. The Balaban J connectivity index is 2.22. The third-order valence-electron chi connectivity index (χ3n) is 4.03. The monoisotopic (exact) mass is 361 g/mol. The average Bonchev–Trinajstić information content (AvgIpc) is 2.57. The SMILES string of the molecule is Cc1ccc(N)cc1NC(=O)c1ccc(S(=O)(=O)N(C)C(C)C)cc1. The number of sulfonamides is 1. The second-order valence-corrected chi connectivity index (χ2v) is 8.17. The van der Waals surface area contributed by atoms with Gasteiger partial charge in [-0.15, -0.1) is 0 Å². The Morgan fingerprint density at radius 2 is 1.72 bits per heavy atom. The van der Waals surface area contributed by atoms with Crippen LogP contribution in [0, 0.1) is 6.92 Å². The van der Waals surface area contributed by atoms with Crippen molar-refractivity contribution in [2.45, 2.75) is 31.7 Å². The lowest BCUT2D eigenvalue weighted by Gasteiger charge is -2.21. The van der Waals surface area contributed by atoms with Gasteiger partial charge in [0.05, 0.1) is 4.90 Å². The first-order valence-corrected chi connectivity index (χ1v) is 9.32. The molecule has 0 radical (unpaired) electrons. The van der Waals surface area contributed by atoms with E-state index in [-0.39, 0.29) is 16.8 Å². The maximum Gasteiger partial charge on any atom is 0.255 e. The Hall–Kier alpha value is -2.38. The van der Waals surface area contributed by atoms with Gasteiger partial charge in [0, 0.05) is 30.0 Å². The molecule has 0 unspecified atom stereocenters. The zero-order chi connectivity index (χ0) is 18.8. The molecule has 2 aromatic carbocycles. The first-order valence-electron chi connectivity index (χ1n) is 7.88. The molecule has 3 N–H and O–H groups in total. The van der Waals surface area contributed by atoms with Gasteiger partial charge < -0.3 is 11.1 Å². The number of aryl methyl sites for hydroxylation is 1. The van der Waals surface area contributed by atoms with Crippen molar-refractivity contribution in [2.24, 2.45) is 0 Å². The molecular weight excluding hydrogens is 338 g/mol. The predicted molar refractivity (Wildman–Crippen MR) is 100 cm³/mol. The lowest BCUT2D eigenvalue weighted by Crippen LogP contribution is -2.33. The Labute approximate surface area is 148 Å². The molecule has 2 rings (SSSR count). The van der Waals surface area contributed by atoms with E-state index in [0.717, 1.165) is 5.56 Å². The minimum Gasteiger partial charge on any atom is -0.399 e. The molecule has 1 amide bonds. The molecule has 134 valence electrons. The van der Waals surface area contributed by atoms with Crippen molar-refractivity contribution in [1.29, 1.82) is 0 Å². The minimum atomic E-state index is -3.57. The summed E-state index contributed by atoms with van der Waals surface area (Å²) in [5.41, 5.74) is 8.18. The number of rotatable bonds is 5. The summed E-state index contributed by atoms with van der Waals surface area (Å²) < 4.78 is 26.2. The van der Waals surface area contributed by atoms with Gasteiger partial charge in [-0.3, -0.25) is 4.79 Å². The summed E-state index contributed by atoms with van der Waals surface area (Å²) in [5.74, 6) is -0.324.